The highest BCUT2D eigenvalue weighted by Crippen LogP contribution is 2.32. The number of amides is 2. The average molecular weight is 653 g/mol. The van der Waals surface area contributed by atoms with Gasteiger partial charge in [0.05, 0.1) is 13.3 Å². The van der Waals surface area contributed by atoms with Crippen molar-refractivity contribution in [3.05, 3.63) is 78.1 Å². The van der Waals surface area contributed by atoms with Gasteiger partial charge in [-0.25, -0.2) is 9.79 Å². The molecule has 2 amide bonds. The third-order valence-corrected chi connectivity index (χ3v) is 8.67. The number of carbonyl (C=O) groups excluding carboxylic acids is 3. The van der Waals surface area contributed by atoms with Crippen LogP contribution in [0.3, 0.4) is 0 Å². The summed E-state index contributed by atoms with van der Waals surface area (Å²) in [5.41, 5.74) is 3.76. The molecule has 1 fully saturated rings. The second-order valence-corrected chi connectivity index (χ2v) is 13.4. The summed E-state index contributed by atoms with van der Waals surface area (Å²) in [6, 6.07) is 17.2. The second-order valence-electron chi connectivity index (χ2n) is 13.4. The lowest BCUT2D eigenvalue weighted by atomic mass is 9.77. The fourth-order valence-electron chi connectivity index (χ4n) is 6.11. The van der Waals surface area contributed by atoms with Gasteiger partial charge in [-0.2, -0.15) is 5.11 Å². The Labute approximate surface area is 281 Å². The molecule has 0 saturated heterocycles. The maximum absolute atomic E-state index is 13.8. The van der Waals surface area contributed by atoms with Gasteiger partial charge in [-0.1, -0.05) is 24.3 Å². The molecule has 1 aliphatic heterocycles. The summed E-state index contributed by atoms with van der Waals surface area (Å²) in [4.78, 5) is 47.9. The SMILES string of the molecule is COc1cnccc1-c1ccc(C[C@H](CC(=O)C2CCC(CNC(=O)OC(C)(C)C)CC2)C(=O)Nc2ccc(C3=NCN=N3)cc2)cc1. The van der Waals surface area contributed by atoms with Crippen molar-refractivity contribution in [1.82, 2.24) is 10.3 Å². The highest BCUT2D eigenvalue weighted by Gasteiger charge is 2.31. The number of azo groups is 1. The third kappa shape index (κ3) is 9.56. The van der Waals surface area contributed by atoms with Gasteiger partial charge in [0, 0.05) is 47.8 Å². The molecule has 0 spiro atoms. The summed E-state index contributed by atoms with van der Waals surface area (Å²) in [7, 11) is 1.62. The number of alkyl carbamates (subject to hydrolysis) is 1. The monoisotopic (exact) mass is 652 g/mol. The highest BCUT2D eigenvalue weighted by molar-refractivity contribution is 6.01. The van der Waals surface area contributed by atoms with Crippen LogP contribution in [0.25, 0.3) is 11.1 Å². The zero-order valence-corrected chi connectivity index (χ0v) is 28.1. The summed E-state index contributed by atoms with van der Waals surface area (Å²) in [5, 5.41) is 13.8. The zero-order chi connectivity index (χ0) is 34.1. The standard InChI is InChI=1S/C37H44N6O5/c1-37(2,3)48-36(46)39-21-25-7-11-27(12-8-25)32(44)20-29(35(45)42-30-15-13-28(14-16-30)34-40-23-41-43-34)19-24-5-9-26(10-6-24)31-17-18-38-22-33(31)47-4/h5-6,9-10,13-18,22,25,27,29H,7-8,11-12,19-21,23H2,1-4H3,(H,39,46)(H,42,45)/t25?,27?,29-/m1/s1. The summed E-state index contributed by atoms with van der Waals surface area (Å²) in [6.45, 7) is 6.36. The first-order valence-electron chi connectivity index (χ1n) is 16.5. The molecular formula is C37H44N6O5. The first-order valence-corrected chi connectivity index (χ1v) is 16.5. The number of anilines is 1. The smallest absolute Gasteiger partial charge is 0.407 e. The van der Waals surface area contributed by atoms with Crippen LogP contribution in [-0.4, -0.2) is 54.5 Å². The number of aliphatic imine (C=N–C) groups is 1. The predicted octanol–water partition coefficient (Wildman–Crippen LogP) is 7.01. The number of aromatic nitrogens is 1. The Bertz CT molecular complexity index is 1640. The molecule has 2 N–H and O–H groups in total. The Morgan fingerprint density at radius 3 is 2.29 bits per heavy atom. The zero-order valence-electron chi connectivity index (χ0n) is 28.1. The van der Waals surface area contributed by atoms with Crippen LogP contribution < -0.4 is 15.4 Å². The number of methoxy groups -OCH3 is 1. The van der Waals surface area contributed by atoms with E-state index in [2.05, 4.69) is 30.8 Å². The molecule has 3 aromatic rings. The number of benzene rings is 2. The largest absolute Gasteiger partial charge is 0.494 e. The van der Waals surface area contributed by atoms with Gasteiger partial charge in [-0.15, -0.1) is 5.11 Å². The molecule has 1 saturated carbocycles. The molecule has 0 unspecified atom stereocenters. The normalized spacial score (nSPS) is 18.0. The minimum Gasteiger partial charge on any atom is -0.494 e. The fourth-order valence-corrected chi connectivity index (χ4v) is 6.11. The molecule has 1 aromatic heterocycles. The molecule has 0 radical (unpaired) electrons. The summed E-state index contributed by atoms with van der Waals surface area (Å²) in [6.07, 6.45) is 6.68. The Balaban J connectivity index is 1.24. The Morgan fingerprint density at radius 1 is 0.938 bits per heavy atom. The maximum Gasteiger partial charge on any atom is 0.407 e. The number of hydrogen-bond donors (Lipinski definition) is 2. The fraction of sp³-hybridized carbons (Fsp3) is 0.432. The average Bonchev–Trinajstić information content (AvgIpc) is 3.62. The van der Waals surface area contributed by atoms with E-state index < -0.39 is 17.6 Å². The lowest BCUT2D eigenvalue weighted by Gasteiger charge is -2.29. The first-order chi connectivity index (χ1) is 23.1. The molecule has 252 valence electrons. The molecule has 11 heteroatoms. The lowest BCUT2D eigenvalue weighted by molar-refractivity contribution is -0.129. The highest BCUT2D eigenvalue weighted by atomic mass is 16.6. The van der Waals surface area contributed by atoms with E-state index in [0.29, 0.717) is 36.9 Å². The molecular weight excluding hydrogens is 608 g/mol. The topological polar surface area (TPSA) is 144 Å². The number of Topliss-reactive ketones (excluding diaryl/α,β-unsaturated/α-hetero) is 1. The Kier molecular flexibility index (Phi) is 11.3. The number of carbonyl (C=O) groups is 3. The second kappa shape index (κ2) is 15.8. The van der Waals surface area contributed by atoms with Gasteiger partial charge < -0.3 is 20.1 Å². The molecule has 1 atom stereocenters. The Hall–Kier alpha value is -4.93. The molecule has 11 nitrogen and oxygen atoms in total. The van der Waals surface area contributed by atoms with E-state index in [1.165, 1.54) is 0 Å². The molecule has 0 bridgehead atoms. The van der Waals surface area contributed by atoms with Crippen LogP contribution in [-0.2, 0) is 20.7 Å². The minimum atomic E-state index is -0.557. The van der Waals surface area contributed by atoms with Gasteiger partial charge in [0.1, 0.15) is 17.1 Å². The summed E-state index contributed by atoms with van der Waals surface area (Å²) < 4.78 is 10.8. The van der Waals surface area contributed by atoms with Crippen LogP contribution in [0.5, 0.6) is 5.75 Å². The third-order valence-electron chi connectivity index (χ3n) is 8.67. The van der Waals surface area contributed by atoms with E-state index in [0.717, 1.165) is 47.9 Å². The summed E-state index contributed by atoms with van der Waals surface area (Å²) in [5.74, 6) is 0.768. The summed E-state index contributed by atoms with van der Waals surface area (Å²) >= 11 is 0. The van der Waals surface area contributed by atoms with Crippen LogP contribution in [0, 0.1) is 17.8 Å². The van der Waals surface area contributed by atoms with Gasteiger partial charge in [0.2, 0.25) is 5.91 Å². The number of amidine groups is 1. The van der Waals surface area contributed by atoms with E-state index in [1.807, 2.05) is 75.4 Å². The van der Waals surface area contributed by atoms with Crippen molar-refractivity contribution in [1.29, 1.82) is 0 Å². The van der Waals surface area contributed by atoms with E-state index >= 15 is 0 Å². The molecule has 2 aliphatic rings. The van der Waals surface area contributed by atoms with Crippen molar-refractivity contribution >= 4 is 29.3 Å². The van der Waals surface area contributed by atoms with Crippen LogP contribution in [0.15, 0.2) is 82.2 Å². The number of nitrogens with zero attached hydrogens (tertiary/aromatic N) is 4. The van der Waals surface area contributed by atoms with Crippen molar-refractivity contribution in [2.75, 3.05) is 25.6 Å². The molecule has 1 aliphatic carbocycles. The van der Waals surface area contributed by atoms with Crippen molar-refractivity contribution in [2.24, 2.45) is 33.0 Å². The molecule has 2 aromatic carbocycles. The van der Waals surface area contributed by atoms with E-state index in [9.17, 15) is 14.4 Å². The number of nitrogens with one attached hydrogen (secondary N) is 2. The van der Waals surface area contributed by atoms with Crippen LogP contribution in [0.1, 0.15) is 64.0 Å². The van der Waals surface area contributed by atoms with Crippen molar-refractivity contribution < 1.29 is 23.9 Å². The number of hydrogen-bond acceptors (Lipinski definition) is 9. The van der Waals surface area contributed by atoms with Crippen molar-refractivity contribution in [3.8, 4) is 16.9 Å². The number of rotatable bonds is 12. The Morgan fingerprint density at radius 2 is 1.65 bits per heavy atom. The van der Waals surface area contributed by atoms with Crippen LogP contribution >= 0.6 is 0 Å². The van der Waals surface area contributed by atoms with Gasteiger partial charge in [0.15, 0.2) is 12.5 Å². The van der Waals surface area contributed by atoms with Gasteiger partial charge in [0.25, 0.3) is 0 Å². The van der Waals surface area contributed by atoms with E-state index in [-0.39, 0.29) is 29.9 Å². The van der Waals surface area contributed by atoms with Gasteiger partial charge >= 0.3 is 6.09 Å². The molecule has 48 heavy (non-hydrogen) atoms. The van der Waals surface area contributed by atoms with Gasteiger partial charge in [-0.3, -0.25) is 14.6 Å². The number of ether oxygens (including phenoxy) is 2. The number of ketones is 1. The lowest BCUT2D eigenvalue weighted by Crippen LogP contribution is -2.37. The molecule has 2 heterocycles. The van der Waals surface area contributed by atoms with Gasteiger partial charge in [-0.05, 0) is 100 Å². The quantitative estimate of drug-likeness (QED) is 0.215. The van der Waals surface area contributed by atoms with E-state index in [4.69, 9.17) is 9.47 Å². The van der Waals surface area contributed by atoms with Crippen LogP contribution in [0.4, 0.5) is 10.5 Å². The predicted molar refractivity (Wildman–Crippen MR) is 184 cm³/mol. The molecule has 5 rings (SSSR count). The van der Waals surface area contributed by atoms with Crippen LogP contribution in [0.2, 0.25) is 0 Å². The van der Waals surface area contributed by atoms with Crippen molar-refractivity contribution in [3.63, 3.8) is 0 Å². The first kappa shape index (κ1) is 34.4. The maximum atomic E-state index is 13.8. The minimum absolute atomic E-state index is 0.104. The van der Waals surface area contributed by atoms with Crippen molar-refractivity contribution in [2.45, 2.75) is 64.9 Å². The number of pyridine rings is 1. The van der Waals surface area contributed by atoms with E-state index in [1.54, 1.807) is 19.5 Å².